The Hall–Kier alpha value is -2.53. The van der Waals surface area contributed by atoms with E-state index in [1.807, 2.05) is 31.2 Å². The van der Waals surface area contributed by atoms with E-state index < -0.39 is 0 Å². The largest absolute Gasteiger partial charge is 0.398 e. The number of fused-ring (bicyclic) bond motifs is 1. The van der Waals surface area contributed by atoms with Gasteiger partial charge >= 0.3 is 0 Å². The Morgan fingerprint density at radius 3 is 2.82 bits per heavy atom. The highest BCUT2D eigenvalue weighted by atomic mass is 35.5. The SMILES string of the molecule is CC(NC(=O)c1ccc(Cl)c(N)c1)c1nc2ccccc2[nH]1. The van der Waals surface area contributed by atoms with Crippen molar-refractivity contribution < 1.29 is 4.79 Å². The van der Waals surface area contributed by atoms with Crippen molar-refractivity contribution in [3.63, 3.8) is 0 Å². The molecule has 3 aromatic rings. The zero-order chi connectivity index (χ0) is 15.7. The van der Waals surface area contributed by atoms with Crippen molar-refractivity contribution in [3.8, 4) is 0 Å². The molecule has 0 radical (unpaired) electrons. The number of anilines is 1. The van der Waals surface area contributed by atoms with Gasteiger partial charge in [0.15, 0.2) is 0 Å². The smallest absolute Gasteiger partial charge is 0.251 e. The molecule has 1 heterocycles. The van der Waals surface area contributed by atoms with Gasteiger partial charge in [0.1, 0.15) is 5.82 Å². The van der Waals surface area contributed by atoms with Crippen LogP contribution in [0.4, 0.5) is 5.69 Å². The molecule has 22 heavy (non-hydrogen) atoms. The van der Waals surface area contributed by atoms with E-state index in [0.29, 0.717) is 22.1 Å². The molecule has 6 heteroatoms. The topological polar surface area (TPSA) is 83.8 Å². The average Bonchev–Trinajstić information content (AvgIpc) is 2.94. The minimum atomic E-state index is -0.253. The van der Waals surface area contributed by atoms with Crippen molar-refractivity contribution in [2.75, 3.05) is 5.73 Å². The van der Waals surface area contributed by atoms with Crippen molar-refractivity contribution in [3.05, 3.63) is 58.9 Å². The van der Waals surface area contributed by atoms with Crippen LogP contribution in [0.3, 0.4) is 0 Å². The molecule has 0 bridgehead atoms. The third kappa shape index (κ3) is 2.76. The molecule has 1 amide bonds. The summed E-state index contributed by atoms with van der Waals surface area (Å²) in [6.45, 7) is 1.87. The lowest BCUT2D eigenvalue weighted by atomic mass is 10.1. The van der Waals surface area contributed by atoms with Gasteiger partial charge in [-0.15, -0.1) is 0 Å². The van der Waals surface area contributed by atoms with Crippen LogP contribution in [0.25, 0.3) is 11.0 Å². The lowest BCUT2D eigenvalue weighted by Crippen LogP contribution is -2.27. The monoisotopic (exact) mass is 314 g/mol. The number of amides is 1. The van der Waals surface area contributed by atoms with Gasteiger partial charge in [-0.1, -0.05) is 23.7 Å². The summed E-state index contributed by atoms with van der Waals surface area (Å²) in [4.78, 5) is 19.9. The van der Waals surface area contributed by atoms with E-state index in [4.69, 9.17) is 17.3 Å². The highest BCUT2D eigenvalue weighted by molar-refractivity contribution is 6.33. The molecule has 112 valence electrons. The van der Waals surface area contributed by atoms with Gasteiger partial charge in [0.2, 0.25) is 0 Å². The maximum absolute atomic E-state index is 12.3. The fourth-order valence-corrected chi connectivity index (χ4v) is 2.33. The van der Waals surface area contributed by atoms with Crippen LogP contribution in [0.15, 0.2) is 42.5 Å². The first-order valence-electron chi connectivity index (χ1n) is 6.85. The van der Waals surface area contributed by atoms with Crippen molar-refractivity contribution in [2.45, 2.75) is 13.0 Å². The summed E-state index contributed by atoms with van der Waals surface area (Å²) in [6, 6.07) is 12.3. The number of nitrogens with two attached hydrogens (primary N) is 1. The van der Waals surface area contributed by atoms with Crippen molar-refractivity contribution in [1.82, 2.24) is 15.3 Å². The maximum atomic E-state index is 12.3. The van der Waals surface area contributed by atoms with Gasteiger partial charge in [-0.3, -0.25) is 4.79 Å². The molecule has 0 saturated heterocycles. The summed E-state index contributed by atoms with van der Waals surface area (Å²) in [5.74, 6) is 0.479. The standard InChI is InChI=1S/C16H15ClN4O/c1-9(15-20-13-4-2-3-5-14(13)21-15)19-16(22)10-6-7-11(17)12(18)8-10/h2-9H,18H2,1H3,(H,19,22)(H,20,21). The summed E-state index contributed by atoms with van der Waals surface area (Å²) in [6.07, 6.45) is 0. The first-order valence-corrected chi connectivity index (χ1v) is 7.23. The third-order valence-corrected chi connectivity index (χ3v) is 3.77. The lowest BCUT2D eigenvalue weighted by molar-refractivity contribution is 0.0938. The first-order chi connectivity index (χ1) is 10.5. The Balaban J connectivity index is 1.79. The number of halogens is 1. The number of benzene rings is 2. The van der Waals surface area contributed by atoms with Gasteiger partial charge in [0, 0.05) is 5.56 Å². The number of rotatable bonds is 3. The van der Waals surface area contributed by atoms with E-state index in [0.717, 1.165) is 11.0 Å². The molecule has 5 nitrogen and oxygen atoms in total. The molecule has 0 aliphatic rings. The number of hydrogen-bond acceptors (Lipinski definition) is 3. The van der Waals surface area contributed by atoms with Crippen LogP contribution in [0.1, 0.15) is 29.1 Å². The summed E-state index contributed by atoms with van der Waals surface area (Å²) in [5, 5.41) is 3.32. The minimum absolute atomic E-state index is 0.226. The van der Waals surface area contributed by atoms with Crippen LogP contribution < -0.4 is 11.1 Å². The number of imidazole rings is 1. The summed E-state index contributed by atoms with van der Waals surface area (Å²) >= 11 is 5.86. The van der Waals surface area contributed by atoms with E-state index >= 15 is 0 Å². The van der Waals surface area contributed by atoms with Gasteiger partial charge in [0.05, 0.1) is 27.8 Å². The molecule has 0 saturated carbocycles. The first kappa shape index (κ1) is 14.4. The third-order valence-electron chi connectivity index (χ3n) is 3.42. The number of nitrogen functional groups attached to an aromatic ring is 1. The number of aromatic nitrogens is 2. The number of carbonyl (C=O) groups excluding carboxylic acids is 1. The Labute approximate surface area is 132 Å². The predicted octanol–water partition coefficient (Wildman–Crippen LogP) is 3.29. The summed E-state index contributed by atoms with van der Waals surface area (Å²) in [5.41, 5.74) is 8.37. The minimum Gasteiger partial charge on any atom is -0.398 e. The van der Waals surface area contributed by atoms with Gasteiger partial charge < -0.3 is 16.0 Å². The zero-order valence-electron chi connectivity index (χ0n) is 11.9. The van der Waals surface area contributed by atoms with E-state index in [1.54, 1.807) is 18.2 Å². The molecule has 0 aliphatic heterocycles. The molecular weight excluding hydrogens is 300 g/mol. The molecular formula is C16H15ClN4O. The van der Waals surface area contributed by atoms with E-state index in [9.17, 15) is 4.79 Å². The van der Waals surface area contributed by atoms with Gasteiger partial charge in [-0.25, -0.2) is 4.98 Å². The molecule has 0 spiro atoms. The van der Waals surface area contributed by atoms with Gasteiger partial charge in [-0.2, -0.15) is 0 Å². The molecule has 2 aromatic carbocycles. The van der Waals surface area contributed by atoms with E-state index in [-0.39, 0.29) is 11.9 Å². The predicted molar refractivity (Wildman–Crippen MR) is 87.8 cm³/mol. The molecule has 3 rings (SSSR count). The summed E-state index contributed by atoms with van der Waals surface area (Å²) in [7, 11) is 0. The number of para-hydroxylation sites is 2. The summed E-state index contributed by atoms with van der Waals surface area (Å²) < 4.78 is 0. The van der Waals surface area contributed by atoms with Gasteiger partial charge in [0.25, 0.3) is 5.91 Å². The molecule has 1 aromatic heterocycles. The Morgan fingerprint density at radius 2 is 2.09 bits per heavy atom. The number of nitrogens with zero attached hydrogens (tertiary/aromatic N) is 1. The Morgan fingerprint density at radius 1 is 1.32 bits per heavy atom. The average molecular weight is 315 g/mol. The number of carbonyl (C=O) groups is 1. The van der Waals surface area contributed by atoms with Crippen LogP contribution >= 0.6 is 11.6 Å². The van der Waals surface area contributed by atoms with Crippen LogP contribution in [-0.4, -0.2) is 15.9 Å². The van der Waals surface area contributed by atoms with Crippen molar-refractivity contribution in [2.24, 2.45) is 0 Å². The van der Waals surface area contributed by atoms with Crippen molar-refractivity contribution in [1.29, 1.82) is 0 Å². The highest BCUT2D eigenvalue weighted by Crippen LogP contribution is 2.20. The fourth-order valence-electron chi connectivity index (χ4n) is 2.21. The van der Waals surface area contributed by atoms with Crippen LogP contribution in [0.2, 0.25) is 5.02 Å². The fraction of sp³-hybridized carbons (Fsp3) is 0.125. The molecule has 4 N–H and O–H groups in total. The Bertz CT molecular complexity index is 810. The molecule has 0 fully saturated rings. The molecule has 0 aliphatic carbocycles. The second-order valence-electron chi connectivity index (χ2n) is 5.07. The highest BCUT2D eigenvalue weighted by Gasteiger charge is 2.15. The van der Waals surface area contributed by atoms with Crippen molar-refractivity contribution >= 4 is 34.2 Å². The number of aromatic amines is 1. The number of hydrogen-bond donors (Lipinski definition) is 3. The second-order valence-corrected chi connectivity index (χ2v) is 5.48. The van der Waals surface area contributed by atoms with E-state index in [2.05, 4.69) is 15.3 Å². The Kier molecular flexibility index (Phi) is 3.73. The lowest BCUT2D eigenvalue weighted by Gasteiger charge is -2.12. The normalized spacial score (nSPS) is 12.3. The van der Waals surface area contributed by atoms with Gasteiger partial charge in [-0.05, 0) is 37.3 Å². The number of nitrogens with one attached hydrogen (secondary N) is 2. The van der Waals surface area contributed by atoms with Crippen LogP contribution in [0.5, 0.6) is 0 Å². The van der Waals surface area contributed by atoms with E-state index in [1.165, 1.54) is 0 Å². The molecule has 1 atom stereocenters. The van der Waals surface area contributed by atoms with Crippen LogP contribution in [0, 0.1) is 0 Å². The number of H-pyrrole nitrogens is 1. The maximum Gasteiger partial charge on any atom is 0.251 e. The van der Waals surface area contributed by atoms with Crippen LogP contribution in [-0.2, 0) is 0 Å². The quantitative estimate of drug-likeness (QED) is 0.649. The second kappa shape index (κ2) is 5.69. The molecule has 1 unspecified atom stereocenters. The zero-order valence-corrected chi connectivity index (χ0v) is 12.7.